The molecule has 0 atom stereocenters. The highest BCUT2D eigenvalue weighted by molar-refractivity contribution is 5.95. The van der Waals surface area contributed by atoms with Crippen molar-refractivity contribution in [3.05, 3.63) is 35.4 Å². The van der Waals surface area contributed by atoms with Crippen LogP contribution in [0, 0.1) is 0 Å². The predicted octanol–water partition coefficient (Wildman–Crippen LogP) is 0.590. The summed E-state index contributed by atoms with van der Waals surface area (Å²) in [5, 5.41) is 0. The SMILES string of the molecule is CC(=O)NNC(=O)c1ccc(CN2CCCC2=O)cc1. The number of nitrogens with zero attached hydrogens (tertiary/aromatic N) is 1. The van der Waals surface area contributed by atoms with Crippen molar-refractivity contribution in [2.75, 3.05) is 6.54 Å². The Labute approximate surface area is 117 Å². The van der Waals surface area contributed by atoms with Gasteiger partial charge in [-0.3, -0.25) is 25.2 Å². The summed E-state index contributed by atoms with van der Waals surface area (Å²) in [7, 11) is 0. The molecule has 1 aromatic carbocycles. The average molecular weight is 275 g/mol. The molecule has 1 heterocycles. The van der Waals surface area contributed by atoms with E-state index >= 15 is 0 Å². The molecule has 0 aliphatic carbocycles. The second-order valence-electron chi connectivity index (χ2n) is 4.75. The lowest BCUT2D eigenvalue weighted by Gasteiger charge is -2.15. The molecule has 1 fully saturated rings. The zero-order chi connectivity index (χ0) is 14.5. The molecule has 0 bridgehead atoms. The number of hydrazine groups is 1. The molecule has 6 heteroatoms. The Balaban J connectivity index is 1.93. The van der Waals surface area contributed by atoms with E-state index in [1.807, 2.05) is 17.0 Å². The minimum atomic E-state index is -0.371. The van der Waals surface area contributed by atoms with Gasteiger partial charge in [-0.15, -0.1) is 0 Å². The summed E-state index contributed by atoms with van der Waals surface area (Å²) in [6.07, 6.45) is 1.53. The van der Waals surface area contributed by atoms with Gasteiger partial charge in [-0.25, -0.2) is 0 Å². The zero-order valence-corrected chi connectivity index (χ0v) is 11.3. The Morgan fingerprint density at radius 3 is 2.45 bits per heavy atom. The third-order valence-corrected chi connectivity index (χ3v) is 3.11. The molecule has 106 valence electrons. The predicted molar refractivity (Wildman–Crippen MR) is 72.4 cm³/mol. The van der Waals surface area contributed by atoms with Gasteiger partial charge in [0.05, 0.1) is 0 Å². The first-order chi connectivity index (χ1) is 9.56. The number of benzene rings is 1. The number of likely N-dealkylation sites (tertiary alicyclic amines) is 1. The second-order valence-corrected chi connectivity index (χ2v) is 4.75. The Morgan fingerprint density at radius 1 is 1.20 bits per heavy atom. The van der Waals surface area contributed by atoms with Gasteiger partial charge in [0.25, 0.3) is 5.91 Å². The first kappa shape index (κ1) is 14.0. The van der Waals surface area contributed by atoms with Crippen LogP contribution >= 0.6 is 0 Å². The van der Waals surface area contributed by atoms with Gasteiger partial charge in [0, 0.05) is 32.0 Å². The normalized spacial score (nSPS) is 14.2. The second kappa shape index (κ2) is 6.18. The third kappa shape index (κ3) is 3.57. The fraction of sp³-hybridized carbons (Fsp3) is 0.357. The largest absolute Gasteiger partial charge is 0.338 e. The van der Waals surface area contributed by atoms with Crippen molar-refractivity contribution in [3.63, 3.8) is 0 Å². The third-order valence-electron chi connectivity index (χ3n) is 3.11. The molecule has 6 nitrogen and oxygen atoms in total. The Hall–Kier alpha value is -2.37. The van der Waals surface area contributed by atoms with E-state index < -0.39 is 0 Å². The van der Waals surface area contributed by atoms with Crippen molar-refractivity contribution in [1.29, 1.82) is 0 Å². The fourth-order valence-corrected chi connectivity index (χ4v) is 2.07. The Morgan fingerprint density at radius 2 is 1.90 bits per heavy atom. The highest BCUT2D eigenvalue weighted by Crippen LogP contribution is 2.14. The number of rotatable bonds is 3. The minimum Gasteiger partial charge on any atom is -0.338 e. The lowest BCUT2D eigenvalue weighted by Crippen LogP contribution is -2.40. The van der Waals surface area contributed by atoms with Gasteiger partial charge < -0.3 is 4.90 Å². The van der Waals surface area contributed by atoms with Crippen molar-refractivity contribution in [1.82, 2.24) is 15.8 Å². The van der Waals surface area contributed by atoms with Crippen molar-refractivity contribution in [3.8, 4) is 0 Å². The van der Waals surface area contributed by atoms with Crippen LogP contribution < -0.4 is 10.9 Å². The summed E-state index contributed by atoms with van der Waals surface area (Å²) in [6.45, 7) is 2.69. The molecule has 20 heavy (non-hydrogen) atoms. The number of carbonyl (C=O) groups is 3. The van der Waals surface area contributed by atoms with E-state index in [0.717, 1.165) is 18.5 Å². The van der Waals surface area contributed by atoms with Crippen molar-refractivity contribution >= 4 is 17.7 Å². The smallest absolute Gasteiger partial charge is 0.269 e. The molecule has 0 saturated carbocycles. The molecule has 1 saturated heterocycles. The van der Waals surface area contributed by atoms with E-state index in [4.69, 9.17) is 0 Å². The van der Waals surface area contributed by atoms with Crippen LogP contribution in [0.4, 0.5) is 0 Å². The van der Waals surface area contributed by atoms with E-state index in [1.54, 1.807) is 12.1 Å². The van der Waals surface area contributed by atoms with E-state index in [9.17, 15) is 14.4 Å². The van der Waals surface area contributed by atoms with Crippen LogP contribution in [0.3, 0.4) is 0 Å². The van der Waals surface area contributed by atoms with Crippen LogP contribution in [0.5, 0.6) is 0 Å². The van der Waals surface area contributed by atoms with E-state index in [-0.39, 0.29) is 17.7 Å². The molecule has 2 rings (SSSR count). The van der Waals surface area contributed by atoms with E-state index in [2.05, 4.69) is 10.9 Å². The molecule has 0 radical (unpaired) electrons. The number of amides is 3. The first-order valence-corrected chi connectivity index (χ1v) is 6.50. The number of hydrogen-bond acceptors (Lipinski definition) is 3. The highest BCUT2D eigenvalue weighted by Gasteiger charge is 2.19. The number of nitrogens with one attached hydrogen (secondary N) is 2. The zero-order valence-electron chi connectivity index (χ0n) is 11.3. The molecular weight excluding hydrogens is 258 g/mol. The number of carbonyl (C=O) groups excluding carboxylic acids is 3. The van der Waals surface area contributed by atoms with Gasteiger partial charge in [-0.1, -0.05) is 12.1 Å². The Kier molecular flexibility index (Phi) is 4.34. The van der Waals surface area contributed by atoms with Crippen LogP contribution in [0.15, 0.2) is 24.3 Å². The van der Waals surface area contributed by atoms with Crippen LogP contribution in [-0.4, -0.2) is 29.2 Å². The van der Waals surface area contributed by atoms with Gasteiger partial charge in [-0.2, -0.15) is 0 Å². The molecule has 0 aromatic heterocycles. The first-order valence-electron chi connectivity index (χ1n) is 6.50. The molecule has 0 spiro atoms. The van der Waals surface area contributed by atoms with Crippen LogP contribution in [-0.2, 0) is 16.1 Å². The molecule has 2 N–H and O–H groups in total. The van der Waals surface area contributed by atoms with Crippen molar-refractivity contribution < 1.29 is 14.4 Å². The van der Waals surface area contributed by atoms with Crippen LogP contribution in [0.25, 0.3) is 0 Å². The molecule has 0 unspecified atom stereocenters. The molecule has 1 aliphatic rings. The molecule has 1 aliphatic heterocycles. The van der Waals surface area contributed by atoms with E-state index in [1.165, 1.54) is 6.92 Å². The monoisotopic (exact) mass is 275 g/mol. The van der Waals surface area contributed by atoms with Gasteiger partial charge in [0.2, 0.25) is 11.8 Å². The summed E-state index contributed by atoms with van der Waals surface area (Å²) in [5.41, 5.74) is 5.96. The van der Waals surface area contributed by atoms with Gasteiger partial charge in [-0.05, 0) is 24.1 Å². The lowest BCUT2D eigenvalue weighted by atomic mass is 10.1. The van der Waals surface area contributed by atoms with Gasteiger partial charge in [0.1, 0.15) is 0 Å². The average Bonchev–Trinajstić information content (AvgIpc) is 2.82. The van der Waals surface area contributed by atoms with E-state index in [0.29, 0.717) is 18.5 Å². The fourth-order valence-electron chi connectivity index (χ4n) is 2.07. The standard InChI is InChI=1S/C14H17N3O3/c1-10(18)15-16-14(20)12-6-4-11(5-7-12)9-17-8-2-3-13(17)19/h4-7H,2-3,8-9H2,1H3,(H,15,18)(H,16,20). The lowest BCUT2D eigenvalue weighted by molar-refractivity contribution is -0.128. The quantitative estimate of drug-likeness (QED) is 0.792. The number of hydrogen-bond donors (Lipinski definition) is 2. The van der Waals surface area contributed by atoms with Crippen molar-refractivity contribution in [2.24, 2.45) is 0 Å². The Bertz CT molecular complexity index is 525. The highest BCUT2D eigenvalue weighted by atomic mass is 16.2. The van der Waals surface area contributed by atoms with Crippen molar-refractivity contribution in [2.45, 2.75) is 26.3 Å². The summed E-state index contributed by atoms with van der Waals surface area (Å²) in [5.74, 6) is -0.524. The maximum absolute atomic E-state index is 11.7. The topological polar surface area (TPSA) is 78.5 Å². The maximum Gasteiger partial charge on any atom is 0.269 e. The minimum absolute atomic E-state index is 0.178. The van der Waals surface area contributed by atoms with Gasteiger partial charge in [0.15, 0.2) is 0 Å². The van der Waals surface area contributed by atoms with Crippen LogP contribution in [0.1, 0.15) is 35.7 Å². The summed E-state index contributed by atoms with van der Waals surface area (Å²) >= 11 is 0. The molecular formula is C14H17N3O3. The van der Waals surface area contributed by atoms with Crippen LogP contribution in [0.2, 0.25) is 0 Å². The summed E-state index contributed by atoms with van der Waals surface area (Å²) < 4.78 is 0. The van der Waals surface area contributed by atoms with Gasteiger partial charge >= 0.3 is 0 Å². The summed E-state index contributed by atoms with van der Waals surface area (Å²) in [6, 6.07) is 6.97. The molecule has 3 amide bonds. The maximum atomic E-state index is 11.7. The summed E-state index contributed by atoms with van der Waals surface area (Å²) in [4.78, 5) is 35.7. The molecule has 1 aromatic rings.